The minimum absolute atomic E-state index is 0.0190. The molecule has 1 aromatic carbocycles. The highest BCUT2D eigenvalue weighted by Gasteiger charge is 2.28. The summed E-state index contributed by atoms with van der Waals surface area (Å²) in [5, 5.41) is 21.9. The maximum absolute atomic E-state index is 13.0. The molecule has 23 heavy (non-hydrogen) atoms. The van der Waals surface area contributed by atoms with Crippen molar-refractivity contribution in [2.24, 2.45) is 5.11 Å². The molecule has 0 amide bonds. The van der Waals surface area contributed by atoms with Crippen LogP contribution in [0.5, 0.6) is 0 Å². The van der Waals surface area contributed by atoms with Gasteiger partial charge >= 0.3 is 0 Å². The van der Waals surface area contributed by atoms with Crippen molar-refractivity contribution in [3.63, 3.8) is 0 Å². The first-order chi connectivity index (χ1) is 11.2. The fraction of sp³-hybridized carbons (Fsp3) is 0.333. The molecule has 1 aliphatic heterocycles. The SMILES string of the molecule is N#CC(C#N)=C1N(CCN=[N+]=[N-])CCN1Cc1ccc(F)cc1. The van der Waals surface area contributed by atoms with Gasteiger partial charge in [0, 0.05) is 37.6 Å². The van der Waals surface area contributed by atoms with Crippen molar-refractivity contribution < 1.29 is 4.39 Å². The van der Waals surface area contributed by atoms with Crippen molar-refractivity contribution in [3.8, 4) is 12.1 Å². The zero-order valence-electron chi connectivity index (χ0n) is 12.4. The lowest BCUT2D eigenvalue weighted by molar-refractivity contribution is 0.333. The van der Waals surface area contributed by atoms with Crippen LogP contribution < -0.4 is 0 Å². The van der Waals surface area contributed by atoms with E-state index in [0.29, 0.717) is 32.0 Å². The highest BCUT2D eigenvalue weighted by Crippen LogP contribution is 2.24. The first-order valence-electron chi connectivity index (χ1n) is 6.99. The number of nitriles is 2. The molecule has 0 bridgehead atoms. The Kier molecular flexibility index (Phi) is 5.40. The first-order valence-corrected chi connectivity index (χ1v) is 6.99. The van der Waals surface area contributed by atoms with E-state index in [0.717, 1.165) is 5.56 Å². The van der Waals surface area contributed by atoms with Crippen LogP contribution in [-0.2, 0) is 6.54 Å². The number of hydrogen-bond acceptors (Lipinski definition) is 5. The van der Waals surface area contributed by atoms with E-state index in [4.69, 9.17) is 5.53 Å². The standard InChI is InChI=1S/C15H14FN7/c16-14-3-1-12(2-4-14)11-23-8-7-22(6-5-20-21-19)15(23)13(9-17)10-18/h1-4H,5-8,11H2. The molecule has 0 unspecified atom stereocenters. The summed E-state index contributed by atoms with van der Waals surface area (Å²) in [5.41, 5.74) is 9.26. The molecule has 1 aliphatic rings. The summed E-state index contributed by atoms with van der Waals surface area (Å²) in [6, 6.07) is 9.93. The Hall–Kier alpha value is -3.22. The number of rotatable bonds is 5. The number of benzene rings is 1. The maximum atomic E-state index is 13.0. The lowest BCUT2D eigenvalue weighted by atomic mass is 10.2. The molecule has 1 fully saturated rings. The van der Waals surface area contributed by atoms with Crippen LogP contribution in [0.15, 0.2) is 40.8 Å². The van der Waals surface area contributed by atoms with E-state index in [2.05, 4.69) is 10.0 Å². The maximum Gasteiger partial charge on any atom is 0.169 e. The van der Waals surface area contributed by atoms with E-state index in [1.165, 1.54) is 12.1 Å². The van der Waals surface area contributed by atoms with Crippen LogP contribution in [-0.4, -0.2) is 36.0 Å². The Morgan fingerprint density at radius 2 is 1.87 bits per heavy atom. The molecule has 0 aliphatic carbocycles. The van der Waals surface area contributed by atoms with Gasteiger partial charge in [-0.25, -0.2) is 4.39 Å². The molecule has 116 valence electrons. The molecule has 1 saturated heterocycles. The quantitative estimate of drug-likeness (QED) is 0.360. The second-order valence-corrected chi connectivity index (χ2v) is 4.91. The minimum Gasteiger partial charge on any atom is -0.355 e. The molecule has 8 heteroatoms. The highest BCUT2D eigenvalue weighted by atomic mass is 19.1. The van der Waals surface area contributed by atoms with Crippen LogP contribution in [0.2, 0.25) is 0 Å². The molecular weight excluding hydrogens is 297 g/mol. The van der Waals surface area contributed by atoms with Crippen molar-refractivity contribution >= 4 is 0 Å². The van der Waals surface area contributed by atoms with Crippen LogP contribution in [0, 0.1) is 28.5 Å². The van der Waals surface area contributed by atoms with Crippen LogP contribution in [0.4, 0.5) is 4.39 Å². The Morgan fingerprint density at radius 3 is 2.48 bits per heavy atom. The second-order valence-electron chi connectivity index (χ2n) is 4.91. The van der Waals surface area contributed by atoms with Gasteiger partial charge in [-0.1, -0.05) is 17.2 Å². The molecular formula is C15H14FN7. The van der Waals surface area contributed by atoms with Crippen molar-refractivity contribution in [1.82, 2.24) is 9.80 Å². The Bertz CT molecular complexity index is 704. The van der Waals surface area contributed by atoms with Crippen LogP contribution in [0.25, 0.3) is 10.4 Å². The zero-order valence-corrected chi connectivity index (χ0v) is 12.4. The lowest BCUT2D eigenvalue weighted by Crippen LogP contribution is -2.26. The summed E-state index contributed by atoms with van der Waals surface area (Å²) in [6.07, 6.45) is 0. The third-order valence-electron chi connectivity index (χ3n) is 3.51. The average Bonchev–Trinajstić information content (AvgIpc) is 2.94. The average molecular weight is 311 g/mol. The van der Waals surface area contributed by atoms with Gasteiger partial charge in [0.25, 0.3) is 0 Å². The number of nitrogens with zero attached hydrogens (tertiary/aromatic N) is 7. The van der Waals surface area contributed by atoms with E-state index in [-0.39, 0.29) is 17.9 Å². The van der Waals surface area contributed by atoms with Gasteiger partial charge < -0.3 is 9.80 Å². The minimum atomic E-state index is -0.309. The van der Waals surface area contributed by atoms with Gasteiger partial charge in [0.2, 0.25) is 0 Å². The summed E-state index contributed by atoms with van der Waals surface area (Å²) < 4.78 is 13.0. The Balaban J connectivity index is 2.23. The lowest BCUT2D eigenvalue weighted by Gasteiger charge is -2.24. The molecule has 1 aromatic rings. The predicted molar refractivity (Wildman–Crippen MR) is 80.6 cm³/mol. The molecule has 0 aromatic heterocycles. The van der Waals surface area contributed by atoms with E-state index < -0.39 is 0 Å². The van der Waals surface area contributed by atoms with E-state index in [9.17, 15) is 14.9 Å². The van der Waals surface area contributed by atoms with Gasteiger partial charge in [-0.3, -0.25) is 0 Å². The van der Waals surface area contributed by atoms with Gasteiger partial charge in [-0.15, -0.1) is 0 Å². The van der Waals surface area contributed by atoms with Crippen molar-refractivity contribution in [1.29, 1.82) is 10.5 Å². The molecule has 0 atom stereocenters. The third kappa shape index (κ3) is 3.91. The molecule has 7 nitrogen and oxygen atoms in total. The van der Waals surface area contributed by atoms with Gasteiger partial charge in [-0.05, 0) is 23.2 Å². The number of allylic oxidation sites excluding steroid dienone is 1. The van der Waals surface area contributed by atoms with Crippen molar-refractivity contribution in [2.75, 3.05) is 26.2 Å². The largest absolute Gasteiger partial charge is 0.355 e. The predicted octanol–water partition coefficient (Wildman–Crippen LogP) is 2.51. The van der Waals surface area contributed by atoms with Crippen LogP contribution in [0.3, 0.4) is 0 Å². The van der Waals surface area contributed by atoms with E-state index in [1.807, 2.05) is 21.9 Å². The summed E-state index contributed by atoms with van der Waals surface area (Å²) in [4.78, 5) is 6.47. The monoisotopic (exact) mass is 311 g/mol. The van der Waals surface area contributed by atoms with Gasteiger partial charge in [0.15, 0.2) is 5.57 Å². The van der Waals surface area contributed by atoms with Gasteiger partial charge in [0.05, 0.1) is 0 Å². The number of hydrogen-bond donors (Lipinski definition) is 0. The summed E-state index contributed by atoms with van der Waals surface area (Å²) in [6.45, 7) is 2.43. The molecule has 0 N–H and O–H groups in total. The summed E-state index contributed by atoms with van der Waals surface area (Å²) >= 11 is 0. The Morgan fingerprint density at radius 1 is 1.22 bits per heavy atom. The smallest absolute Gasteiger partial charge is 0.169 e. The molecule has 0 radical (unpaired) electrons. The molecule has 1 heterocycles. The first kappa shape index (κ1) is 16.2. The van der Waals surface area contributed by atoms with Gasteiger partial charge in [0.1, 0.15) is 23.8 Å². The second kappa shape index (κ2) is 7.69. The topological polar surface area (TPSA) is 103 Å². The summed E-state index contributed by atoms with van der Waals surface area (Å²) in [5.74, 6) is 0.226. The fourth-order valence-corrected chi connectivity index (χ4v) is 2.49. The van der Waals surface area contributed by atoms with Crippen LogP contribution in [0.1, 0.15) is 5.56 Å². The number of halogens is 1. The molecule has 2 rings (SSSR count). The van der Waals surface area contributed by atoms with E-state index in [1.54, 1.807) is 12.1 Å². The number of azide groups is 1. The highest BCUT2D eigenvalue weighted by molar-refractivity contribution is 5.40. The van der Waals surface area contributed by atoms with Crippen molar-refractivity contribution in [2.45, 2.75) is 6.54 Å². The third-order valence-corrected chi connectivity index (χ3v) is 3.51. The van der Waals surface area contributed by atoms with E-state index >= 15 is 0 Å². The molecule has 0 saturated carbocycles. The zero-order chi connectivity index (χ0) is 16.7. The van der Waals surface area contributed by atoms with Crippen LogP contribution >= 0.6 is 0 Å². The normalized spacial score (nSPS) is 13.3. The van der Waals surface area contributed by atoms with Gasteiger partial charge in [-0.2, -0.15) is 10.5 Å². The van der Waals surface area contributed by atoms with Crippen molar-refractivity contribution in [3.05, 3.63) is 57.5 Å². The molecule has 0 spiro atoms. The fourth-order valence-electron chi connectivity index (χ4n) is 2.49. The Labute approximate surface area is 133 Å². The summed E-state index contributed by atoms with van der Waals surface area (Å²) in [7, 11) is 0.